The molecule has 1 atom stereocenters. The number of benzene rings is 1. The summed E-state index contributed by atoms with van der Waals surface area (Å²) < 4.78 is 6.03. The van der Waals surface area contributed by atoms with E-state index < -0.39 is 0 Å². The average molecular weight is 325 g/mol. The number of hydrogen-bond donors (Lipinski definition) is 0. The van der Waals surface area contributed by atoms with E-state index in [0.717, 1.165) is 18.4 Å². The number of rotatable bonds is 8. The van der Waals surface area contributed by atoms with Gasteiger partial charge >= 0.3 is 0 Å². The van der Waals surface area contributed by atoms with Crippen molar-refractivity contribution in [2.45, 2.75) is 77.2 Å². The summed E-state index contributed by atoms with van der Waals surface area (Å²) in [7, 11) is 0. The zero-order valence-electron chi connectivity index (χ0n) is 15.2. The Bertz CT molecular complexity index is 532. The van der Waals surface area contributed by atoms with Crippen LogP contribution in [-0.2, 0) is 4.74 Å². The van der Waals surface area contributed by atoms with E-state index in [9.17, 15) is 0 Å². The number of unbranched alkanes of at least 4 members (excludes halogenated alkanes) is 2. The van der Waals surface area contributed by atoms with Crippen molar-refractivity contribution in [3.05, 3.63) is 47.7 Å². The Morgan fingerprint density at radius 1 is 1.17 bits per heavy atom. The van der Waals surface area contributed by atoms with Crippen LogP contribution in [0.4, 0.5) is 0 Å². The van der Waals surface area contributed by atoms with Gasteiger partial charge in [0.15, 0.2) is 0 Å². The third-order valence-corrected chi connectivity index (χ3v) is 5.29. The Balaban J connectivity index is 1.81. The third kappa shape index (κ3) is 5.41. The van der Waals surface area contributed by atoms with E-state index in [1.165, 1.54) is 44.1 Å². The quantitative estimate of drug-likeness (QED) is 0.413. The first-order chi connectivity index (χ1) is 11.8. The Labute approximate surface area is 147 Å². The van der Waals surface area contributed by atoms with Crippen LogP contribution < -0.4 is 0 Å². The van der Waals surface area contributed by atoms with Crippen LogP contribution in [0.25, 0.3) is 0 Å². The largest absolute Gasteiger partial charge is 0.498 e. The predicted molar refractivity (Wildman–Crippen MR) is 99.7 cm³/mol. The average Bonchev–Trinajstić information content (AvgIpc) is 2.65. The summed E-state index contributed by atoms with van der Waals surface area (Å²) >= 11 is 0. The molecule has 0 saturated heterocycles. The molecular formula is C22H31NO. The highest BCUT2D eigenvalue weighted by molar-refractivity contribution is 5.33. The zero-order chi connectivity index (χ0) is 17.2. The Hall–Kier alpha value is -1.75. The molecule has 0 radical (unpaired) electrons. The minimum atomic E-state index is 0.366. The van der Waals surface area contributed by atoms with Gasteiger partial charge in [0.2, 0.25) is 0 Å². The fourth-order valence-electron chi connectivity index (χ4n) is 3.74. The summed E-state index contributed by atoms with van der Waals surface area (Å²) in [5.41, 5.74) is 2.14. The Morgan fingerprint density at radius 2 is 1.88 bits per heavy atom. The van der Waals surface area contributed by atoms with E-state index in [2.05, 4.69) is 38.1 Å². The smallest absolute Gasteiger partial charge is 0.100 e. The van der Waals surface area contributed by atoms with Crippen molar-refractivity contribution in [2.24, 2.45) is 5.92 Å². The minimum Gasteiger partial charge on any atom is -0.498 e. The maximum Gasteiger partial charge on any atom is 0.100 e. The lowest BCUT2D eigenvalue weighted by Gasteiger charge is -2.33. The minimum absolute atomic E-state index is 0.366. The van der Waals surface area contributed by atoms with Crippen molar-refractivity contribution in [3.63, 3.8) is 0 Å². The Kier molecular flexibility index (Phi) is 7.89. The van der Waals surface area contributed by atoms with E-state index in [4.69, 9.17) is 10.00 Å². The second-order valence-electron chi connectivity index (χ2n) is 6.94. The highest BCUT2D eigenvalue weighted by Gasteiger charge is 2.28. The molecule has 1 aromatic rings. The summed E-state index contributed by atoms with van der Waals surface area (Å²) in [4.78, 5) is 0. The van der Waals surface area contributed by atoms with Gasteiger partial charge in [-0.15, -0.1) is 0 Å². The molecule has 1 aliphatic carbocycles. The lowest BCUT2D eigenvalue weighted by Crippen LogP contribution is -2.26. The molecule has 1 aromatic carbocycles. The Morgan fingerprint density at radius 3 is 2.46 bits per heavy atom. The van der Waals surface area contributed by atoms with Crippen molar-refractivity contribution >= 4 is 0 Å². The molecule has 130 valence electrons. The van der Waals surface area contributed by atoms with Gasteiger partial charge in [0, 0.05) is 0 Å². The summed E-state index contributed by atoms with van der Waals surface area (Å²) in [5.74, 6) is 1.33. The van der Waals surface area contributed by atoms with Gasteiger partial charge < -0.3 is 4.74 Å². The molecule has 2 heteroatoms. The van der Waals surface area contributed by atoms with Gasteiger partial charge in [-0.3, -0.25) is 0 Å². The molecule has 2 rings (SSSR count). The maximum absolute atomic E-state index is 8.91. The van der Waals surface area contributed by atoms with Gasteiger partial charge in [0.05, 0.1) is 17.9 Å². The first-order valence-corrected chi connectivity index (χ1v) is 9.59. The second kappa shape index (κ2) is 10.2. The first-order valence-electron chi connectivity index (χ1n) is 9.59. The van der Waals surface area contributed by atoms with Crippen molar-refractivity contribution in [3.8, 4) is 6.07 Å². The molecule has 0 aromatic heterocycles. The molecular weight excluding hydrogens is 294 g/mol. The molecule has 0 aliphatic heterocycles. The molecule has 0 heterocycles. The molecule has 1 fully saturated rings. The number of ether oxygens (including phenoxy) is 1. The molecule has 24 heavy (non-hydrogen) atoms. The van der Waals surface area contributed by atoms with Crippen molar-refractivity contribution in [1.82, 2.24) is 0 Å². The van der Waals surface area contributed by atoms with Gasteiger partial charge in [-0.05, 0) is 80.6 Å². The molecule has 0 bridgehead atoms. The van der Waals surface area contributed by atoms with E-state index in [-0.39, 0.29) is 0 Å². The third-order valence-electron chi connectivity index (χ3n) is 5.29. The van der Waals surface area contributed by atoms with Crippen molar-refractivity contribution < 1.29 is 4.74 Å². The predicted octanol–water partition coefficient (Wildman–Crippen LogP) is 6.33. The van der Waals surface area contributed by atoms with Gasteiger partial charge in [0.1, 0.15) is 6.10 Å². The first kappa shape index (κ1) is 18.6. The normalized spacial score (nSPS) is 22.2. The van der Waals surface area contributed by atoms with Crippen molar-refractivity contribution in [1.29, 1.82) is 5.26 Å². The standard InChI is InChI=1S/C22H31NO/c1-3-5-6-7-16-24-22(4-2)21-14-12-20(13-15-21)19-10-8-18(17-23)9-11-19/h7-11,16,20-22H,3-6,12-15H2,1-2H3. The summed E-state index contributed by atoms with van der Waals surface area (Å²) in [6.07, 6.45) is 14.1. The highest BCUT2D eigenvalue weighted by Crippen LogP contribution is 2.38. The fourth-order valence-corrected chi connectivity index (χ4v) is 3.74. The van der Waals surface area contributed by atoms with E-state index in [1.54, 1.807) is 0 Å². The molecule has 0 N–H and O–H groups in total. The van der Waals surface area contributed by atoms with Crippen LogP contribution in [0.2, 0.25) is 0 Å². The summed E-state index contributed by atoms with van der Waals surface area (Å²) in [5, 5.41) is 8.91. The molecule has 2 nitrogen and oxygen atoms in total. The number of allylic oxidation sites excluding steroid dienone is 1. The lowest BCUT2D eigenvalue weighted by atomic mass is 9.76. The highest BCUT2D eigenvalue weighted by atomic mass is 16.5. The van der Waals surface area contributed by atoms with Gasteiger partial charge in [-0.2, -0.15) is 5.26 Å². The monoisotopic (exact) mass is 325 g/mol. The van der Waals surface area contributed by atoms with E-state index in [0.29, 0.717) is 17.9 Å². The van der Waals surface area contributed by atoms with Gasteiger partial charge in [-0.1, -0.05) is 32.4 Å². The fraction of sp³-hybridized carbons (Fsp3) is 0.591. The van der Waals surface area contributed by atoms with Crippen LogP contribution in [0, 0.1) is 17.2 Å². The number of hydrogen-bond acceptors (Lipinski definition) is 2. The van der Waals surface area contributed by atoms with Crippen LogP contribution in [0.3, 0.4) is 0 Å². The van der Waals surface area contributed by atoms with Crippen LogP contribution in [-0.4, -0.2) is 6.10 Å². The van der Waals surface area contributed by atoms with Crippen LogP contribution in [0.5, 0.6) is 0 Å². The van der Waals surface area contributed by atoms with Crippen LogP contribution in [0.15, 0.2) is 36.6 Å². The number of nitriles is 1. The maximum atomic E-state index is 8.91. The summed E-state index contributed by atoms with van der Waals surface area (Å²) in [6, 6.07) is 10.4. The molecule has 1 aliphatic rings. The zero-order valence-corrected chi connectivity index (χ0v) is 15.2. The van der Waals surface area contributed by atoms with Crippen LogP contribution >= 0.6 is 0 Å². The molecule has 0 amide bonds. The SMILES string of the molecule is CCCCC=COC(CC)C1CCC(c2ccc(C#N)cc2)CC1. The number of nitrogens with zero attached hydrogens (tertiary/aromatic N) is 1. The molecule has 1 saturated carbocycles. The molecule has 0 spiro atoms. The second-order valence-corrected chi connectivity index (χ2v) is 6.94. The van der Waals surface area contributed by atoms with E-state index in [1.807, 2.05) is 18.4 Å². The van der Waals surface area contributed by atoms with Gasteiger partial charge in [-0.25, -0.2) is 0 Å². The lowest BCUT2D eigenvalue weighted by molar-refractivity contribution is 0.0598. The van der Waals surface area contributed by atoms with Crippen molar-refractivity contribution in [2.75, 3.05) is 0 Å². The van der Waals surface area contributed by atoms with E-state index >= 15 is 0 Å². The summed E-state index contributed by atoms with van der Waals surface area (Å²) in [6.45, 7) is 4.45. The topological polar surface area (TPSA) is 33.0 Å². The van der Waals surface area contributed by atoms with Gasteiger partial charge in [0.25, 0.3) is 0 Å². The molecule has 1 unspecified atom stereocenters. The van der Waals surface area contributed by atoms with Crippen LogP contribution in [0.1, 0.15) is 82.3 Å².